The van der Waals surface area contributed by atoms with Crippen molar-refractivity contribution in [2.75, 3.05) is 5.73 Å². The van der Waals surface area contributed by atoms with Crippen molar-refractivity contribution >= 4 is 22.6 Å². The summed E-state index contributed by atoms with van der Waals surface area (Å²) >= 11 is 0. The zero-order valence-electron chi connectivity index (χ0n) is 10.7. The lowest BCUT2D eigenvalue weighted by molar-refractivity contribution is 0.0691. The van der Waals surface area contributed by atoms with Crippen molar-refractivity contribution in [1.82, 2.24) is 4.98 Å². The monoisotopic (exact) mass is 260 g/mol. The summed E-state index contributed by atoms with van der Waals surface area (Å²) in [5.74, 6) is -1.15. The minimum Gasteiger partial charge on any atom is -0.477 e. The number of unbranched alkanes of at least 4 members (excludes halogenated alkanes) is 1. The van der Waals surface area contributed by atoms with Gasteiger partial charge in [0.1, 0.15) is 5.69 Å². The third-order valence-electron chi connectivity index (χ3n) is 3.14. The predicted molar refractivity (Wildman–Crippen MR) is 74.6 cm³/mol. The van der Waals surface area contributed by atoms with Gasteiger partial charge in [0.25, 0.3) is 0 Å². The zero-order valence-corrected chi connectivity index (χ0v) is 10.7. The molecule has 0 aliphatic rings. The Morgan fingerprint density at radius 2 is 2.16 bits per heavy atom. The number of benzene rings is 1. The van der Waals surface area contributed by atoms with Gasteiger partial charge in [-0.1, -0.05) is 19.4 Å². The van der Waals surface area contributed by atoms with E-state index in [0.717, 1.165) is 30.9 Å². The number of aryl methyl sites for hydroxylation is 1. The van der Waals surface area contributed by atoms with E-state index >= 15 is 0 Å². The average molecular weight is 260 g/mol. The third kappa shape index (κ3) is 2.45. The molecular formula is C14H16N2O3. The zero-order chi connectivity index (χ0) is 14.0. The SMILES string of the molecule is CCCCc1ccc(N)c2c(=O)cc(C(=O)O)[nH]c12. The lowest BCUT2D eigenvalue weighted by Gasteiger charge is -2.09. The van der Waals surface area contributed by atoms with Crippen LogP contribution in [0.4, 0.5) is 5.69 Å². The van der Waals surface area contributed by atoms with Crippen molar-refractivity contribution in [2.24, 2.45) is 0 Å². The molecule has 1 heterocycles. The molecule has 0 radical (unpaired) electrons. The van der Waals surface area contributed by atoms with Crippen molar-refractivity contribution in [3.8, 4) is 0 Å². The van der Waals surface area contributed by atoms with E-state index in [0.29, 0.717) is 16.6 Å². The number of fused-ring (bicyclic) bond motifs is 1. The maximum absolute atomic E-state index is 12.0. The molecule has 100 valence electrons. The first-order valence-corrected chi connectivity index (χ1v) is 6.22. The van der Waals surface area contributed by atoms with Gasteiger partial charge in [-0.15, -0.1) is 0 Å². The molecular weight excluding hydrogens is 244 g/mol. The number of hydrogen-bond donors (Lipinski definition) is 3. The van der Waals surface area contributed by atoms with E-state index in [1.54, 1.807) is 6.07 Å². The minimum absolute atomic E-state index is 0.110. The van der Waals surface area contributed by atoms with Gasteiger partial charge in [-0.3, -0.25) is 4.79 Å². The van der Waals surface area contributed by atoms with E-state index in [2.05, 4.69) is 11.9 Å². The molecule has 1 aromatic heterocycles. The summed E-state index contributed by atoms with van der Waals surface area (Å²) in [7, 11) is 0. The molecule has 0 saturated heterocycles. The van der Waals surface area contributed by atoms with Crippen LogP contribution >= 0.6 is 0 Å². The van der Waals surface area contributed by atoms with Crippen LogP contribution in [0.25, 0.3) is 10.9 Å². The third-order valence-corrected chi connectivity index (χ3v) is 3.14. The Bertz CT molecular complexity index is 689. The number of carboxylic acids is 1. The molecule has 5 nitrogen and oxygen atoms in total. The second kappa shape index (κ2) is 5.14. The summed E-state index contributed by atoms with van der Waals surface area (Å²) in [6.45, 7) is 2.07. The molecule has 0 fully saturated rings. The number of nitrogens with two attached hydrogens (primary N) is 1. The summed E-state index contributed by atoms with van der Waals surface area (Å²) in [5.41, 5.74) is 7.18. The second-order valence-electron chi connectivity index (χ2n) is 4.52. The van der Waals surface area contributed by atoms with Crippen LogP contribution < -0.4 is 11.2 Å². The summed E-state index contributed by atoms with van der Waals surface area (Å²) in [4.78, 5) is 25.8. The van der Waals surface area contributed by atoms with E-state index in [9.17, 15) is 9.59 Å². The Labute approximate surface area is 110 Å². The van der Waals surface area contributed by atoms with Crippen molar-refractivity contribution in [1.29, 1.82) is 0 Å². The fourth-order valence-electron chi connectivity index (χ4n) is 2.13. The highest BCUT2D eigenvalue weighted by Gasteiger charge is 2.12. The molecule has 4 N–H and O–H groups in total. The predicted octanol–water partition coefficient (Wildman–Crippen LogP) is 2.15. The molecule has 1 aromatic carbocycles. The van der Waals surface area contributed by atoms with Crippen LogP contribution in [0.2, 0.25) is 0 Å². The number of aromatic amines is 1. The lowest BCUT2D eigenvalue weighted by Crippen LogP contribution is -2.12. The van der Waals surface area contributed by atoms with E-state index in [-0.39, 0.29) is 11.1 Å². The number of H-pyrrole nitrogens is 1. The van der Waals surface area contributed by atoms with Crippen molar-refractivity contribution in [2.45, 2.75) is 26.2 Å². The van der Waals surface area contributed by atoms with Crippen LogP contribution in [0, 0.1) is 0 Å². The molecule has 5 heteroatoms. The summed E-state index contributed by atoms with van der Waals surface area (Å²) in [6.07, 6.45) is 2.78. The first-order chi connectivity index (χ1) is 9.04. The first kappa shape index (κ1) is 13.1. The van der Waals surface area contributed by atoms with Gasteiger partial charge in [0.15, 0.2) is 5.43 Å². The number of pyridine rings is 1. The highest BCUT2D eigenvalue weighted by molar-refractivity contribution is 5.95. The fourth-order valence-corrected chi connectivity index (χ4v) is 2.13. The van der Waals surface area contributed by atoms with Crippen molar-refractivity contribution in [3.63, 3.8) is 0 Å². The van der Waals surface area contributed by atoms with Gasteiger partial charge in [0.2, 0.25) is 0 Å². The van der Waals surface area contributed by atoms with Gasteiger partial charge in [-0.05, 0) is 24.5 Å². The Morgan fingerprint density at radius 3 is 2.79 bits per heavy atom. The molecule has 0 aliphatic carbocycles. The normalized spacial score (nSPS) is 10.8. The van der Waals surface area contributed by atoms with Gasteiger partial charge in [-0.2, -0.15) is 0 Å². The first-order valence-electron chi connectivity index (χ1n) is 6.22. The number of hydrogen-bond acceptors (Lipinski definition) is 3. The largest absolute Gasteiger partial charge is 0.477 e. The van der Waals surface area contributed by atoms with Crippen molar-refractivity contribution < 1.29 is 9.90 Å². The topological polar surface area (TPSA) is 96.2 Å². The summed E-state index contributed by atoms with van der Waals surface area (Å²) in [5, 5.41) is 9.38. The molecule has 19 heavy (non-hydrogen) atoms. The number of aromatic nitrogens is 1. The second-order valence-corrected chi connectivity index (χ2v) is 4.52. The quantitative estimate of drug-likeness (QED) is 0.734. The van der Waals surface area contributed by atoms with Crippen LogP contribution in [0.3, 0.4) is 0 Å². The molecule has 0 saturated carbocycles. The van der Waals surface area contributed by atoms with Crippen LogP contribution in [0.15, 0.2) is 23.0 Å². The molecule has 0 bridgehead atoms. The van der Waals surface area contributed by atoms with Gasteiger partial charge in [-0.25, -0.2) is 4.79 Å². The number of rotatable bonds is 4. The number of nitrogen functional groups attached to an aromatic ring is 1. The van der Waals surface area contributed by atoms with Gasteiger partial charge in [0.05, 0.1) is 10.9 Å². The molecule has 0 atom stereocenters. The van der Waals surface area contributed by atoms with Crippen LogP contribution in [-0.2, 0) is 6.42 Å². The molecule has 0 unspecified atom stereocenters. The number of aromatic carboxylic acids is 1. The standard InChI is InChI=1S/C14H16N2O3/c1-2-3-4-8-5-6-9(15)12-11(17)7-10(14(18)19)16-13(8)12/h5-7H,2-4,15H2,1H3,(H,16,17)(H,18,19). The van der Waals surface area contributed by atoms with Gasteiger partial charge in [0, 0.05) is 11.8 Å². The van der Waals surface area contributed by atoms with E-state index in [1.165, 1.54) is 0 Å². The Morgan fingerprint density at radius 1 is 1.42 bits per heavy atom. The molecule has 0 spiro atoms. The highest BCUT2D eigenvalue weighted by Crippen LogP contribution is 2.22. The molecule has 2 rings (SSSR count). The van der Waals surface area contributed by atoms with Crippen LogP contribution in [0.5, 0.6) is 0 Å². The Hall–Kier alpha value is -2.30. The highest BCUT2D eigenvalue weighted by atomic mass is 16.4. The van der Waals surface area contributed by atoms with E-state index in [4.69, 9.17) is 10.8 Å². The fraction of sp³-hybridized carbons (Fsp3) is 0.286. The summed E-state index contributed by atoms with van der Waals surface area (Å²) in [6, 6.07) is 4.61. The summed E-state index contributed by atoms with van der Waals surface area (Å²) < 4.78 is 0. The maximum atomic E-state index is 12.0. The van der Waals surface area contributed by atoms with Crippen LogP contribution in [0.1, 0.15) is 35.8 Å². The average Bonchev–Trinajstić information content (AvgIpc) is 2.37. The maximum Gasteiger partial charge on any atom is 0.352 e. The Kier molecular flexibility index (Phi) is 3.55. The number of nitrogens with one attached hydrogen (secondary N) is 1. The Balaban J connectivity index is 2.74. The number of carboxylic acid groups (broad SMARTS) is 1. The van der Waals surface area contributed by atoms with Crippen molar-refractivity contribution in [3.05, 3.63) is 39.7 Å². The van der Waals surface area contributed by atoms with E-state index < -0.39 is 5.97 Å². The van der Waals surface area contributed by atoms with E-state index in [1.807, 2.05) is 6.07 Å². The number of carbonyl (C=O) groups is 1. The molecule has 0 aliphatic heterocycles. The molecule has 2 aromatic rings. The minimum atomic E-state index is -1.15. The number of anilines is 1. The smallest absolute Gasteiger partial charge is 0.352 e. The molecule has 0 amide bonds. The van der Waals surface area contributed by atoms with Crippen LogP contribution in [-0.4, -0.2) is 16.1 Å². The van der Waals surface area contributed by atoms with Gasteiger partial charge < -0.3 is 15.8 Å². The lowest BCUT2D eigenvalue weighted by atomic mass is 10.0. The van der Waals surface area contributed by atoms with Gasteiger partial charge >= 0.3 is 5.97 Å².